The van der Waals surface area contributed by atoms with Gasteiger partial charge in [0, 0.05) is 20.0 Å². The summed E-state index contributed by atoms with van der Waals surface area (Å²) in [5.41, 5.74) is 1.81. The van der Waals surface area contributed by atoms with E-state index >= 15 is 0 Å². The highest BCUT2D eigenvalue weighted by molar-refractivity contribution is 5.81. The molecular formula is C20H24N4O4. The monoisotopic (exact) mass is 384 g/mol. The van der Waals surface area contributed by atoms with Crippen LogP contribution in [0, 0.1) is 29.6 Å². The van der Waals surface area contributed by atoms with Crippen LogP contribution in [0.1, 0.15) is 43.4 Å². The maximum Gasteiger partial charge on any atom is 0.308 e. The molecule has 1 atom stereocenters. The van der Waals surface area contributed by atoms with Crippen LogP contribution < -0.4 is 5.32 Å². The van der Waals surface area contributed by atoms with Gasteiger partial charge in [-0.3, -0.25) is 14.4 Å². The summed E-state index contributed by atoms with van der Waals surface area (Å²) < 4.78 is 5.05. The Balaban J connectivity index is 2.66. The van der Waals surface area contributed by atoms with E-state index in [0.29, 0.717) is 0 Å². The first kappa shape index (κ1) is 22.7. The van der Waals surface area contributed by atoms with E-state index in [0.717, 1.165) is 11.1 Å². The van der Waals surface area contributed by atoms with E-state index in [1.165, 1.54) is 11.8 Å². The van der Waals surface area contributed by atoms with Crippen molar-refractivity contribution in [2.45, 2.75) is 39.2 Å². The highest BCUT2D eigenvalue weighted by Crippen LogP contribution is 2.18. The first-order valence-electron chi connectivity index (χ1n) is 8.88. The van der Waals surface area contributed by atoms with Gasteiger partial charge >= 0.3 is 5.97 Å². The third-order valence-electron chi connectivity index (χ3n) is 3.92. The molecule has 0 saturated heterocycles. The van der Waals surface area contributed by atoms with Gasteiger partial charge in [0.15, 0.2) is 6.61 Å². The third kappa shape index (κ3) is 8.33. The van der Waals surface area contributed by atoms with Crippen LogP contribution in [-0.4, -0.2) is 42.4 Å². The number of aryl methyl sites for hydroxylation is 1. The van der Waals surface area contributed by atoms with E-state index in [9.17, 15) is 14.4 Å². The minimum absolute atomic E-state index is 0.119. The van der Waals surface area contributed by atoms with Crippen molar-refractivity contribution in [2.24, 2.45) is 0 Å². The second-order valence-corrected chi connectivity index (χ2v) is 6.23. The van der Waals surface area contributed by atoms with E-state index < -0.39 is 24.5 Å². The zero-order valence-corrected chi connectivity index (χ0v) is 16.1. The summed E-state index contributed by atoms with van der Waals surface area (Å²) in [7, 11) is 0. The van der Waals surface area contributed by atoms with Gasteiger partial charge in [-0.05, 0) is 12.5 Å². The normalized spacial score (nSPS) is 10.9. The second-order valence-electron chi connectivity index (χ2n) is 6.23. The van der Waals surface area contributed by atoms with E-state index in [2.05, 4.69) is 5.32 Å². The number of rotatable bonds is 10. The van der Waals surface area contributed by atoms with Gasteiger partial charge in [0.25, 0.3) is 5.91 Å². The zero-order valence-electron chi connectivity index (χ0n) is 16.1. The summed E-state index contributed by atoms with van der Waals surface area (Å²) in [5, 5.41) is 20.0. The van der Waals surface area contributed by atoms with Crippen LogP contribution in [0.15, 0.2) is 24.3 Å². The third-order valence-corrected chi connectivity index (χ3v) is 3.92. The largest absolute Gasteiger partial charge is 0.455 e. The van der Waals surface area contributed by atoms with Crippen molar-refractivity contribution < 1.29 is 19.1 Å². The fraction of sp³-hybridized carbons (Fsp3) is 0.450. The molecule has 1 aromatic carbocycles. The number of esters is 1. The Hall–Kier alpha value is -3.39. The molecule has 0 aliphatic heterocycles. The molecule has 0 spiro atoms. The lowest BCUT2D eigenvalue weighted by Gasteiger charge is -2.21. The van der Waals surface area contributed by atoms with E-state index in [1.54, 1.807) is 0 Å². The molecule has 0 aromatic heterocycles. The topological polar surface area (TPSA) is 123 Å². The number of ether oxygens (including phenoxy) is 1. The van der Waals surface area contributed by atoms with Gasteiger partial charge in [-0.25, -0.2) is 0 Å². The summed E-state index contributed by atoms with van der Waals surface area (Å²) >= 11 is 0. The second kappa shape index (κ2) is 12.1. The Bertz CT molecular complexity index is 744. The number of nitrogens with zero attached hydrogens (tertiary/aromatic N) is 3. The molecule has 1 unspecified atom stereocenters. The Morgan fingerprint density at radius 1 is 1.11 bits per heavy atom. The highest BCUT2D eigenvalue weighted by Gasteiger charge is 2.20. The van der Waals surface area contributed by atoms with Crippen LogP contribution in [0.25, 0.3) is 0 Å². The molecule has 28 heavy (non-hydrogen) atoms. The summed E-state index contributed by atoms with van der Waals surface area (Å²) in [4.78, 5) is 37.2. The Kier molecular flexibility index (Phi) is 9.77. The van der Waals surface area contributed by atoms with Crippen LogP contribution in [0.5, 0.6) is 0 Å². The number of nitrogens with one attached hydrogen (secondary N) is 1. The van der Waals surface area contributed by atoms with Gasteiger partial charge in [0.1, 0.15) is 0 Å². The molecule has 0 radical (unpaired) electrons. The fourth-order valence-electron chi connectivity index (χ4n) is 2.49. The number of hydrogen-bond donors (Lipinski definition) is 1. The number of hydrogen-bond acceptors (Lipinski definition) is 6. The molecule has 148 valence electrons. The summed E-state index contributed by atoms with van der Waals surface area (Å²) in [6, 6.07) is 10.7. The fourth-order valence-corrected chi connectivity index (χ4v) is 2.49. The van der Waals surface area contributed by atoms with Gasteiger partial charge in [-0.15, -0.1) is 0 Å². The van der Waals surface area contributed by atoms with Crippen molar-refractivity contribution in [3.63, 3.8) is 0 Å². The predicted molar refractivity (Wildman–Crippen MR) is 100 cm³/mol. The number of carbonyl (C=O) groups excluding carboxylic acids is 3. The van der Waals surface area contributed by atoms with Crippen molar-refractivity contribution in [1.29, 1.82) is 10.5 Å². The van der Waals surface area contributed by atoms with Crippen molar-refractivity contribution in [1.82, 2.24) is 10.2 Å². The Morgan fingerprint density at radius 2 is 1.68 bits per heavy atom. The first-order valence-corrected chi connectivity index (χ1v) is 8.88. The molecule has 1 N–H and O–H groups in total. The van der Waals surface area contributed by atoms with Crippen molar-refractivity contribution >= 4 is 17.8 Å². The molecule has 1 aromatic rings. The van der Waals surface area contributed by atoms with E-state index in [-0.39, 0.29) is 38.3 Å². The summed E-state index contributed by atoms with van der Waals surface area (Å²) in [6.07, 6.45) is 0.138. The maximum absolute atomic E-state index is 12.2. The molecule has 0 aliphatic carbocycles. The van der Waals surface area contributed by atoms with E-state index in [1.807, 2.05) is 43.3 Å². The SMILES string of the molecule is CC(=O)NC(CC(=O)OCC(=O)N(CCC#N)CCC#N)c1ccc(C)cc1. The van der Waals surface area contributed by atoms with Crippen molar-refractivity contribution in [3.05, 3.63) is 35.4 Å². The highest BCUT2D eigenvalue weighted by atomic mass is 16.5. The van der Waals surface area contributed by atoms with Crippen LogP contribution in [0.4, 0.5) is 0 Å². The Labute approximate surface area is 164 Å². The number of nitriles is 2. The lowest BCUT2D eigenvalue weighted by atomic mass is 10.0. The Morgan fingerprint density at radius 3 is 2.18 bits per heavy atom. The average molecular weight is 384 g/mol. The molecule has 1 rings (SSSR count). The van der Waals surface area contributed by atoms with Gasteiger partial charge in [-0.2, -0.15) is 10.5 Å². The number of carbonyl (C=O) groups is 3. The minimum Gasteiger partial charge on any atom is -0.455 e. The maximum atomic E-state index is 12.2. The van der Waals surface area contributed by atoms with Gasteiger partial charge < -0.3 is 15.0 Å². The molecule has 0 saturated carbocycles. The minimum atomic E-state index is -0.631. The average Bonchev–Trinajstić information content (AvgIpc) is 2.66. The van der Waals surface area contributed by atoms with Gasteiger partial charge in [-0.1, -0.05) is 29.8 Å². The number of benzene rings is 1. The molecule has 0 fully saturated rings. The van der Waals surface area contributed by atoms with Crippen LogP contribution >= 0.6 is 0 Å². The van der Waals surface area contributed by atoms with Crippen LogP contribution in [-0.2, 0) is 19.1 Å². The van der Waals surface area contributed by atoms with Crippen molar-refractivity contribution in [2.75, 3.05) is 19.7 Å². The predicted octanol–water partition coefficient (Wildman–Crippen LogP) is 1.76. The molecule has 8 heteroatoms. The smallest absolute Gasteiger partial charge is 0.308 e. The molecule has 8 nitrogen and oxygen atoms in total. The standard InChI is InChI=1S/C20H24N4O4/c1-15-5-7-17(8-6-15)18(23-16(2)25)13-20(27)28-14-19(26)24(11-3-9-21)12-4-10-22/h5-8,18H,3-4,11-14H2,1-2H3,(H,23,25). The van der Waals surface area contributed by atoms with Crippen molar-refractivity contribution in [3.8, 4) is 12.1 Å². The molecule has 0 aliphatic rings. The molecule has 0 heterocycles. The summed E-state index contributed by atoms with van der Waals surface area (Å²) in [6.45, 7) is 3.16. The summed E-state index contributed by atoms with van der Waals surface area (Å²) in [5.74, 6) is -1.38. The molecule has 2 amide bonds. The van der Waals surface area contributed by atoms with Crippen LogP contribution in [0.3, 0.4) is 0 Å². The molecular weight excluding hydrogens is 360 g/mol. The van der Waals surface area contributed by atoms with Crippen LogP contribution in [0.2, 0.25) is 0 Å². The number of amides is 2. The van der Waals surface area contributed by atoms with Gasteiger partial charge in [0.05, 0.1) is 37.4 Å². The quantitative estimate of drug-likeness (QED) is 0.613. The lowest BCUT2D eigenvalue weighted by Crippen LogP contribution is -2.36. The molecule has 0 bridgehead atoms. The zero-order chi connectivity index (χ0) is 20.9. The van der Waals surface area contributed by atoms with Gasteiger partial charge in [0.2, 0.25) is 5.91 Å². The van der Waals surface area contributed by atoms with E-state index in [4.69, 9.17) is 15.3 Å². The first-order chi connectivity index (χ1) is 13.4. The lowest BCUT2D eigenvalue weighted by molar-refractivity contribution is -0.152.